The van der Waals surface area contributed by atoms with Gasteiger partial charge in [-0.05, 0) is 26.0 Å². The van der Waals surface area contributed by atoms with Crippen LogP contribution in [0.5, 0.6) is 0 Å². The van der Waals surface area contributed by atoms with E-state index in [1.807, 2.05) is 0 Å². The molecular formula is C12H15FN2O3. The van der Waals surface area contributed by atoms with E-state index in [-0.39, 0.29) is 12.2 Å². The number of benzene rings is 1. The number of nitrogens with zero attached hydrogens (tertiary/aromatic N) is 1. The van der Waals surface area contributed by atoms with Gasteiger partial charge in [0.05, 0.1) is 5.69 Å². The fourth-order valence-corrected chi connectivity index (χ4v) is 1.42. The zero-order chi connectivity index (χ0) is 13.7. The average Bonchev–Trinajstić information content (AvgIpc) is 2.32. The summed E-state index contributed by atoms with van der Waals surface area (Å²) >= 11 is 0. The zero-order valence-electron chi connectivity index (χ0n) is 10.2. The summed E-state index contributed by atoms with van der Waals surface area (Å²) in [5.74, 6) is -1.68. The maximum absolute atomic E-state index is 13.5. The molecule has 0 bridgehead atoms. The summed E-state index contributed by atoms with van der Waals surface area (Å²) in [4.78, 5) is 23.6. The van der Waals surface area contributed by atoms with Gasteiger partial charge in [-0.25, -0.2) is 9.18 Å². The summed E-state index contributed by atoms with van der Waals surface area (Å²) in [5.41, 5.74) is 0.120. The van der Waals surface area contributed by atoms with Gasteiger partial charge in [0, 0.05) is 6.54 Å². The smallest absolute Gasteiger partial charge is 0.325 e. The Balaban J connectivity index is 2.87. The summed E-state index contributed by atoms with van der Waals surface area (Å²) in [6.07, 6.45) is 0. The molecule has 2 amide bonds. The van der Waals surface area contributed by atoms with Crippen LogP contribution in [0.15, 0.2) is 24.3 Å². The lowest BCUT2D eigenvalue weighted by atomic mass is 10.2. The van der Waals surface area contributed by atoms with E-state index >= 15 is 0 Å². The normalized spacial score (nSPS) is 11.7. The van der Waals surface area contributed by atoms with Crippen molar-refractivity contribution in [3.8, 4) is 0 Å². The predicted octanol–water partition coefficient (Wildman–Crippen LogP) is 1.83. The standard InChI is InChI=1S/C12H15FN2O3/c1-3-15(10-7-5-4-6-9(10)13)12(18)14-8(2)11(16)17/h4-8H,3H2,1-2H3,(H,14,18)(H,16,17). The first-order chi connectivity index (χ1) is 8.47. The molecular weight excluding hydrogens is 239 g/mol. The molecule has 0 aromatic heterocycles. The van der Waals surface area contributed by atoms with Crippen molar-refractivity contribution in [2.75, 3.05) is 11.4 Å². The molecule has 0 saturated heterocycles. The van der Waals surface area contributed by atoms with Gasteiger partial charge in [0.15, 0.2) is 0 Å². The average molecular weight is 254 g/mol. The van der Waals surface area contributed by atoms with Gasteiger partial charge >= 0.3 is 12.0 Å². The maximum Gasteiger partial charge on any atom is 0.325 e. The van der Waals surface area contributed by atoms with Gasteiger partial charge in [-0.15, -0.1) is 0 Å². The molecule has 0 fully saturated rings. The van der Waals surface area contributed by atoms with Crippen molar-refractivity contribution in [2.45, 2.75) is 19.9 Å². The Morgan fingerprint density at radius 2 is 2.06 bits per heavy atom. The number of halogens is 1. The number of carboxylic acids is 1. The monoisotopic (exact) mass is 254 g/mol. The van der Waals surface area contributed by atoms with Crippen LogP contribution in [0.25, 0.3) is 0 Å². The first-order valence-corrected chi connectivity index (χ1v) is 5.52. The number of hydrogen-bond acceptors (Lipinski definition) is 2. The first-order valence-electron chi connectivity index (χ1n) is 5.52. The molecule has 0 aliphatic rings. The number of para-hydroxylation sites is 1. The fraction of sp³-hybridized carbons (Fsp3) is 0.333. The van der Waals surface area contributed by atoms with Gasteiger partial charge in [-0.2, -0.15) is 0 Å². The van der Waals surface area contributed by atoms with Crippen molar-refractivity contribution in [2.24, 2.45) is 0 Å². The Morgan fingerprint density at radius 1 is 1.44 bits per heavy atom. The van der Waals surface area contributed by atoms with Gasteiger partial charge in [-0.1, -0.05) is 12.1 Å². The Morgan fingerprint density at radius 3 is 2.56 bits per heavy atom. The second kappa shape index (κ2) is 6.00. The number of rotatable bonds is 4. The molecule has 0 radical (unpaired) electrons. The number of carbonyl (C=O) groups is 2. The summed E-state index contributed by atoms with van der Waals surface area (Å²) < 4.78 is 13.5. The van der Waals surface area contributed by atoms with Gasteiger partial charge < -0.3 is 10.4 Å². The summed E-state index contributed by atoms with van der Waals surface area (Å²) in [6.45, 7) is 3.26. The number of amides is 2. The molecule has 0 spiro atoms. The minimum absolute atomic E-state index is 0.120. The lowest BCUT2D eigenvalue weighted by Gasteiger charge is -2.23. The quantitative estimate of drug-likeness (QED) is 0.861. The van der Waals surface area contributed by atoms with Crippen molar-refractivity contribution < 1.29 is 19.1 Å². The number of nitrogens with one attached hydrogen (secondary N) is 1. The Hall–Kier alpha value is -2.11. The van der Waals surface area contributed by atoms with E-state index in [0.717, 1.165) is 4.90 Å². The van der Waals surface area contributed by atoms with Crippen LogP contribution in [-0.2, 0) is 4.79 Å². The van der Waals surface area contributed by atoms with E-state index in [0.29, 0.717) is 0 Å². The fourth-order valence-electron chi connectivity index (χ4n) is 1.42. The SMILES string of the molecule is CCN(C(=O)NC(C)C(=O)O)c1ccccc1F. The van der Waals surface area contributed by atoms with E-state index < -0.39 is 23.9 Å². The minimum atomic E-state index is -1.15. The van der Waals surface area contributed by atoms with Gasteiger partial charge in [-0.3, -0.25) is 9.69 Å². The third kappa shape index (κ3) is 3.19. The molecule has 18 heavy (non-hydrogen) atoms. The van der Waals surface area contributed by atoms with Crippen LogP contribution in [0.1, 0.15) is 13.8 Å². The van der Waals surface area contributed by atoms with Crippen LogP contribution in [0.4, 0.5) is 14.9 Å². The van der Waals surface area contributed by atoms with E-state index in [1.54, 1.807) is 13.0 Å². The van der Waals surface area contributed by atoms with Crippen LogP contribution in [-0.4, -0.2) is 29.7 Å². The largest absolute Gasteiger partial charge is 0.480 e. The molecule has 5 nitrogen and oxygen atoms in total. The highest BCUT2D eigenvalue weighted by molar-refractivity contribution is 5.94. The van der Waals surface area contributed by atoms with Gasteiger partial charge in [0.25, 0.3) is 0 Å². The van der Waals surface area contributed by atoms with Gasteiger partial charge in [0.2, 0.25) is 0 Å². The van der Waals surface area contributed by atoms with E-state index in [1.165, 1.54) is 25.1 Å². The first kappa shape index (κ1) is 14.0. The summed E-state index contributed by atoms with van der Waals surface area (Å²) in [5, 5.41) is 11.0. The maximum atomic E-state index is 13.5. The second-order valence-corrected chi connectivity index (χ2v) is 3.71. The van der Waals surface area contributed by atoms with Crippen molar-refractivity contribution in [3.63, 3.8) is 0 Å². The van der Waals surface area contributed by atoms with Crippen molar-refractivity contribution in [1.82, 2.24) is 5.32 Å². The van der Waals surface area contributed by atoms with Crippen LogP contribution in [0.2, 0.25) is 0 Å². The molecule has 1 rings (SSSR count). The van der Waals surface area contributed by atoms with Crippen LogP contribution in [0.3, 0.4) is 0 Å². The van der Waals surface area contributed by atoms with E-state index in [9.17, 15) is 14.0 Å². The summed E-state index contributed by atoms with van der Waals surface area (Å²) in [7, 11) is 0. The highest BCUT2D eigenvalue weighted by Gasteiger charge is 2.21. The van der Waals surface area contributed by atoms with Crippen LogP contribution >= 0.6 is 0 Å². The lowest BCUT2D eigenvalue weighted by molar-refractivity contribution is -0.138. The molecule has 1 aromatic rings. The predicted molar refractivity (Wildman–Crippen MR) is 65.0 cm³/mol. The number of carbonyl (C=O) groups excluding carboxylic acids is 1. The number of hydrogen-bond donors (Lipinski definition) is 2. The molecule has 0 saturated carbocycles. The molecule has 0 aliphatic carbocycles. The Kier molecular flexibility index (Phi) is 4.65. The topological polar surface area (TPSA) is 69.6 Å². The molecule has 98 valence electrons. The summed E-state index contributed by atoms with van der Waals surface area (Å²) in [6, 6.07) is 4.16. The lowest BCUT2D eigenvalue weighted by Crippen LogP contribution is -2.47. The molecule has 1 atom stereocenters. The molecule has 1 unspecified atom stereocenters. The zero-order valence-corrected chi connectivity index (χ0v) is 10.2. The van der Waals surface area contributed by atoms with Crippen molar-refractivity contribution in [3.05, 3.63) is 30.1 Å². The molecule has 2 N–H and O–H groups in total. The Bertz CT molecular complexity index is 451. The molecule has 1 aromatic carbocycles. The number of carboxylic acid groups (broad SMARTS) is 1. The van der Waals surface area contributed by atoms with Crippen LogP contribution < -0.4 is 10.2 Å². The van der Waals surface area contributed by atoms with E-state index in [4.69, 9.17) is 5.11 Å². The molecule has 0 aliphatic heterocycles. The third-order valence-electron chi connectivity index (χ3n) is 2.42. The highest BCUT2D eigenvalue weighted by Crippen LogP contribution is 2.18. The molecule has 0 heterocycles. The Labute approximate surface area is 104 Å². The third-order valence-corrected chi connectivity index (χ3v) is 2.42. The number of urea groups is 1. The van der Waals surface area contributed by atoms with E-state index in [2.05, 4.69) is 5.32 Å². The van der Waals surface area contributed by atoms with Crippen molar-refractivity contribution in [1.29, 1.82) is 0 Å². The van der Waals surface area contributed by atoms with Crippen molar-refractivity contribution >= 4 is 17.7 Å². The van der Waals surface area contributed by atoms with Crippen LogP contribution in [0, 0.1) is 5.82 Å². The minimum Gasteiger partial charge on any atom is -0.480 e. The highest BCUT2D eigenvalue weighted by atomic mass is 19.1. The van der Waals surface area contributed by atoms with Gasteiger partial charge in [0.1, 0.15) is 11.9 Å². The number of aliphatic carboxylic acids is 1. The second-order valence-electron chi connectivity index (χ2n) is 3.71. The molecule has 6 heteroatoms. The number of anilines is 1.